The first-order valence-electron chi connectivity index (χ1n) is 17.8. The van der Waals surface area contributed by atoms with Gasteiger partial charge in [-0.1, -0.05) is 13.8 Å². The quantitative estimate of drug-likeness (QED) is 0.190. The van der Waals surface area contributed by atoms with Crippen LogP contribution in [0.15, 0.2) is 49.3 Å². The number of aromatic nitrogens is 6. The van der Waals surface area contributed by atoms with Gasteiger partial charge in [0.15, 0.2) is 17.5 Å². The molecule has 51 heavy (non-hydrogen) atoms. The van der Waals surface area contributed by atoms with E-state index in [9.17, 15) is 13.6 Å². The van der Waals surface area contributed by atoms with Crippen LogP contribution in [0.4, 0.5) is 26.1 Å². The van der Waals surface area contributed by atoms with Crippen LogP contribution in [-0.4, -0.2) is 79.2 Å². The molecule has 5 heterocycles. The van der Waals surface area contributed by atoms with Gasteiger partial charge in [-0.3, -0.25) is 9.69 Å². The summed E-state index contributed by atoms with van der Waals surface area (Å²) in [4.78, 5) is 33.6. The van der Waals surface area contributed by atoms with Gasteiger partial charge in [-0.05, 0) is 68.2 Å². The number of benzene rings is 1. The van der Waals surface area contributed by atoms with Gasteiger partial charge in [-0.25, -0.2) is 28.7 Å². The molecule has 1 spiro atoms. The van der Waals surface area contributed by atoms with Crippen molar-refractivity contribution in [2.45, 2.75) is 70.9 Å². The number of likely N-dealkylation sites (tertiary alicyclic amines) is 1. The van der Waals surface area contributed by atoms with Crippen molar-refractivity contribution < 1.29 is 18.3 Å². The molecule has 0 unspecified atom stereocenters. The molecule has 2 saturated carbocycles. The monoisotopic (exact) mass is 696 g/mol. The van der Waals surface area contributed by atoms with Gasteiger partial charge < -0.3 is 20.3 Å². The van der Waals surface area contributed by atoms with Gasteiger partial charge in [0.1, 0.15) is 24.2 Å². The summed E-state index contributed by atoms with van der Waals surface area (Å²) >= 11 is 0. The second-order valence-corrected chi connectivity index (χ2v) is 15.0. The zero-order valence-corrected chi connectivity index (χ0v) is 29.0. The number of anilines is 3. The summed E-state index contributed by atoms with van der Waals surface area (Å²) in [6, 6.07) is 6.66. The third kappa shape index (κ3) is 6.68. The van der Waals surface area contributed by atoms with Crippen molar-refractivity contribution in [1.29, 1.82) is 0 Å². The SMILES string of the molecule is CC(=O)Nc1nccc(NC2CC([C@@H](C(C)C)N3CC4(CCN(c5ncnnc5Oc5ccc(F)cc5-c5cncnc5C5CC5)C4)C3)C2)c1F. The molecule has 0 bridgehead atoms. The molecule has 8 rings (SSSR count). The van der Waals surface area contributed by atoms with Crippen molar-refractivity contribution in [3.63, 3.8) is 0 Å². The predicted molar refractivity (Wildman–Crippen MR) is 187 cm³/mol. The van der Waals surface area contributed by atoms with Crippen molar-refractivity contribution in [2.24, 2.45) is 17.3 Å². The molecular weight excluding hydrogens is 654 g/mol. The van der Waals surface area contributed by atoms with Crippen LogP contribution >= 0.6 is 0 Å². The minimum atomic E-state index is -0.536. The lowest BCUT2D eigenvalue weighted by molar-refractivity contribution is -0.114. The van der Waals surface area contributed by atoms with Crippen LogP contribution in [0.25, 0.3) is 11.1 Å². The Kier molecular flexibility index (Phi) is 8.73. The summed E-state index contributed by atoms with van der Waals surface area (Å²) in [6.45, 7) is 9.54. The Morgan fingerprint density at radius 3 is 2.63 bits per heavy atom. The number of pyridine rings is 1. The van der Waals surface area contributed by atoms with Crippen LogP contribution in [0.2, 0.25) is 0 Å². The molecule has 1 amide bonds. The highest BCUT2D eigenvalue weighted by atomic mass is 19.1. The zero-order valence-electron chi connectivity index (χ0n) is 29.0. The van der Waals surface area contributed by atoms with Gasteiger partial charge in [-0.2, -0.15) is 0 Å². The second kappa shape index (κ2) is 13.4. The number of rotatable bonds is 11. The van der Waals surface area contributed by atoms with Crippen LogP contribution in [0.1, 0.15) is 64.5 Å². The number of hydrogen-bond donors (Lipinski definition) is 2. The molecule has 2 N–H and O–H groups in total. The summed E-state index contributed by atoms with van der Waals surface area (Å²) in [6.07, 6.45) is 11.2. The predicted octanol–water partition coefficient (Wildman–Crippen LogP) is 6.06. The molecule has 1 aromatic carbocycles. The maximum atomic E-state index is 14.9. The Morgan fingerprint density at radius 2 is 1.86 bits per heavy atom. The van der Waals surface area contributed by atoms with E-state index in [4.69, 9.17) is 4.74 Å². The highest BCUT2D eigenvalue weighted by Crippen LogP contribution is 2.49. The number of nitrogens with one attached hydrogen (secondary N) is 2. The van der Waals surface area contributed by atoms with Crippen molar-refractivity contribution >= 4 is 23.2 Å². The smallest absolute Gasteiger partial charge is 0.282 e. The van der Waals surface area contributed by atoms with Gasteiger partial charge in [0.2, 0.25) is 5.91 Å². The maximum absolute atomic E-state index is 14.9. The van der Waals surface area contributed by atoms with Crippen molar-refractivity contribution in [1.82, 2.24) is 35.0 Å². The minimum absolute atomic E-state index is 0.0544. The molecule has 4 fully saturated rings. The molecular formula is C37H42F2N10O2. The van der Waals surface area contributed by atoms with E-state index < -0.39 is 5.82 Å². The fourth-order valence-electron chi connectivity index (χ4n) is 8.43. The van der Waals surface area contributed by atoms with Crippen LogP contribution in [0.5, 0.6) is 11.6 Å². The number of halogens is 2. The number of nitrogens with zero attached hydrogens (tertiary/aromatic N) is 8. The minimum Gasteiger partial charge on any atom is -0.434 e. The fraction of sp³-hybridized carbons (Fsp3) is 0.486. The van der Waals surface area contributed by atoms with Gasteiger partial charge in [0.05, 0.1) is 11.4 Å². The Morgan fingerprint density at radius 1 is 1.04 bits per heavy atom. The van der Waals surface area contributed by atoms with Gasteiger partial charge in [0.25, 0.3) is 5.88 Å². The number of carbonyl (C=O) groups excluding carboxylic acids is 1. The van der Waals surface area contributed by atoms with Gasteiger partial charge in [-0.15, -0.1) is 10.2 Å². The van der Waals surface area contributed by atoms with E-state index in [-0.39, 0.29) is 34.9 Å². The molecule has 2 aliphatic carbocycles. The average Bonchev–Trinajstić information content (AvgIpc) is 3.83. The van der Waals surface area contributed by atoms with Crippen molar-refractivity contribution in [3.8, 4) is 22.8 Å². The van der Waals surface area contributed by atoms with Crippen molar-refractivity contribution in [2.75, 3.05) is 41.7 Å². The van der Waals surface area contributed by atoms with Crippen LogP contribution in [-0.2, 0) is 4.79 Å². The molecule has 1 atom stereocenters. The molecule has 266 valence electrons. The van der Waals surface area contributed by atoms with Crippen molar-refractivity contribution in [3.05, 3.63) is 66.6 Å². The Hall–Kier alpha value is -4.85. The highest BCUT2D eigenvalue weighted by molar-refractivity contribution is 5.88. The molecule has 3 aromatic heterocycles. The van der Waals surface area contributed by atoms with Crippen LogP contribution in [0, 0.1) is 28.9 Å². The van der Waals surface area contributed by atoms with Gasteiger partial charge >= 0.3 is 0 Å². The third-order valence-corrected chi connectivity index (χ3v) is 10.8. The number of amides is 1. The lowest BCUT2D eigenvalue weighted by Crippen LogP contribution is -2.65. The second-order valence-electron chi connectivity index (χ2n) is 15.0. The van der Waals surface area contributed by atoms with E-state index in [1.807, 2.05) is 0 Å². The number of ether oxygens (including phenoxy) is 1. The standard InChI is InChI=1S/C37H42F2N10O2/c1-21(2)33(24-12-26(13-24)46-29-8-10-41-34(31(29)39)45-22(3)50)49-17-37(18-49)9-11-48(16-37)35-36(47-44-20-43-35)51-30-7-6-25(38)14-27(30)28-15-40-19-42-32(28)23-4-5-23/h6-8,10,14-15,19-21,23-24,26,33H,4-5,9,11-13,16-18H2,1-3H3,(H2,41,45,46,50)/t24?,26?,33-/m1/s1. The third-order valence-electron chi connectivity index (χ3n) is 10.8. The molecule has 4 aromatic rings. The number of hydrogen-bond acceptors (Lipinski definition) is 11. The Labute approximate surface area is 295 Å². The first kappa shape index (κ1) is 33.3. The Bertz CT molecular complexity index is 1930. The molecule has 2 aliphatic heterocycles. The topological polar surface area (TPSA) is 134 Å². The largest absolute Gasteiger partial charge is 0.434 e. The fourth-order valence-corrected chi connectivity index (χ4v) is 8.43. The molecule has 14 heteroatoms. The normalized spacial score (nSPS) is 21.6. The van der Waals surface area contributed by atoms with E-state index >= 15 is 0 Å². The Balaban J connectivity index is 0.918. The molecule has 0 radical (unpaired) electrons. The molecule has 2 saturated heterocycles. The number of carbonyl (C=O) groups is 1. The van der Waals surface area contributed by atoms with E-state index in [0.29, 0.717) is 46.6 Å². The summed E-state index contributed by atoms with van der Waals surface area (Å²) < 4.78 is 35.9. The van der Waals surface area contributed by atoms with Gasteiger partial charge in [0, 0.05) is 80.0 Å². The van der Waals surface area contributed by atoms with Crippen LogP contribution < -0.4 is 20.3 Å². The summed E-state index contributed by atoms with van der Waals surface area (Å²) in [5.41, 5.74) is 2.75. The zero-order chi connectivity index (χ0) is 35.3. The lowest BCUT2D eigenvalue weighted by Gasteiger charge is -2.57. The van der Waals surface area contributed by atoms with E-state index in [2.05, 4.69) is 64.4 Å². The first-order valence-corrected chi connectivity index (χ1v) is 17.8. The first-order chi connectivity index (χ1) is 24.7. The molecule has 12 nitrogen and oxygen atoms in total. The lowest BCUT2D eigenvalue weighted by atomic mass is 9.68. The van der Waals surface area contributed by atoms with E-state index in [1.54, 1.807) is 18.3 Å². The summed E-state index contributed by atoms with van der Waals surface area (Å²) in [5.74, 6) is 1.36. The van der Waals surface area contributed by atoms with E-state index in [1.165, 1.54) is 37.9 Å². The summed E-state index contributed by atoms with van der Waals surface area (Å²) in [7, 11) is 0. The summed E-state index contributed by atoms with van der Waals surface area (Å²) in [5, 5.41) is 14.2. The van der Waals surface area contributed by atoms with E-state index in [0.717, 1.165) is 69.5 Å². The highest BCUT2D eigenvalue weighted by Gasteiger charge is 2.53. The molecule has 4 aliphatic rings. The van der Waals surface area contributed by atoms with Crippen LogP contribution in [0.3, 0.4) is 0 Å². The maximum Gasteiger partial charge on any atom is 0.282 e. The average molecular weight is 697 g/mol.